The first-order chi connectivity index (χ1) is 13.9. The summed E-state index contributed by atoms with van der Waals surface area (Å²) >= 11 is 0. The number of hydrogen-bond acceptors (Lipinski definition) is 3. The topological polar surface area (TPSA) is 54.5 Å². The van der Waals surface area contributed by atoms with E-state index in [1.165, 1.54) is 18.2 Å². The number of carbonyl (C=O) groups excluding carboxylic acids is 1. The normalized spacial score (nSPS) is 15.9. The van der Waals surface area contributed by atoms with Gasteiger partial charge in [-0.3, -0.25) is 9.10 Å². The van der Waals surface area contributed by atoms with Gasteiger partial charge >= 0.3 is 0 Å². The predicted octanol–water partition coefficient (Wildman–Crippen LogP) is 4.48. The van der Waals surface area contributed by atoms with Gasteiger partial charge in [0.15, 0.2) is 0 Å². The Balaban J connectivity index is 1.83. The summed E-state index contributed by atoms with van der Waals surface area (Å²) in [5.41, 5.74) is 2.70. The molecule has 0 aliphatic carbocycles. The predicted molar refractivity (Wildman–Crippen MR) is 110 cm³/mol. The van der Waals surface area contributed by atoms with Crippen molar-refractivity contribution in [3.8, 4) is 0 Å². The maximum atomic E-state index is 14.9. The lowest BCUT2D eigenvalue weighted by Crippen LogP contribution is -2.30. The highest BCUT2D eigenvalue weighted by atomic mass is 32.2. The Morgan fingerprint density at radius 1 is 1.03 bits per heavy atom. The number of aldehydes is 1. The second-order valence-electron chi connectivity index (χ2n) is 7.25. The quantitative estimate of drug-likeness (QED) is 0.584. The van der Waals surface area contributed by atoms with Crippen LogP contribution in [0.3, 0.4) is 0 Å². The lowest BCUT2D eigenvalue weighted by atomic mass is 9.90. The number of fused-ring (bicyclic) bond motifs is 1. The van der Waals surface area contributed by atoms with Gasteiger partial charge in [0.1, 0.15) is 12.1 Å². The van der Waals surface area contributed by atoms with E-state index in [1.54, 1.807) is 12.1 Å². The van der Waals surface area contributed by atoms with Crippen molar-refractivity contribution < 1.29 is 17.6 Å². The van der Waals surface area contributed by atoms with Gasteiger partial charge in [0.05, 0.1) is 10.6 Å². The number of aryl methyl sites for hydroxylation is 1. The summed E-state index contributed by atoms with van der Waals surface area (Å²) in [6, 6.07) is 18.6. The minimum Gasteiger partial charge on any atom is -0.298 e. The molecule has 29 heavy (non-hydrogen) atoms. The molecule has 6 heteroatoms. The molecule has 3 aromatic carbocycles. The van der Waals surface area contributed by atoms with Gasteiger partial charge in [-0.25, -0.2) is 12.8 Å². The Morgan fingerprint density at radius 2 is 1.72 bits per heavy atom. The van der Waals surface area contributed by atoms with Gasteiger partial charge in [-0.2, -0.15) is 0 Å². The molecular formula is C23H20FNO3S. The van der Waals surface area contributed by atoms with Crippen LogP contribution in [0.5, 0.6) is 0 Å². The maximum absolute atomic E-state index is 14.9. The van der Waals surface area contributed by atoms with Gasteiger partial charge in [0, 0.05) is 18.0 Å². The van der Waals surface area contributed by atoms with E-state index in [0.29, 0.717) is 23.8 Å². The van der Waals surface area contributed by atoms with Crippen LogP contribution in [0.4, 0.5) is 10.1 Å². The lowest BCUT2D eigenvalue weighted by molar-refractivity contribution is 0.112. The molecule has 0 amide bonds. The maximum Gasteiger partial charge on any atom is 0.264 e. The molecule has 0 saturated heterocycles. The number of halogens is 1. The van der Waals surface area contributed by atoms with Crippen molar-refractivity contribution in [2.45, 2.75) is 24.2 Å². The molecule has 148 valence electrons. The average Bonchev–Trinajstić information content (AvgIpc) is 3.11. The van der Waals surface area contributed by atoms with E-state index in [9.17, 15) is 17.6 Å². The molecule has 1 aliphatic heterocycles. The van der Waals surface area contributed by atoms with Crippen LogP contribution in [0.1, 0.15) is 33.0 Å². The van der Waals surface area contributed by atoms with Gasteiger partial charge in [-0.05, 0) is 48.7 Å². The molecule has 1 heterocycles. The molecule has 0 N–H and O–H groups in total. The second-order valence-corrected chi connectivity index (χ2v) is 9.11. The van der Waals surface area contributed by atoms with Crippen molar-refractivity contribution in [1.82, 2.24) is 0 Å². The van der Waals surface area contributed by atoms with Crippen LogP contribution < -0.4 is 4.31 Å². The number of benzene rings is 3. The van der Waals surface area contributed by atoms with Crippen LogP contribution in [-0.4, -0.2) is 21.2 Å². The number of sulfonamides is 1. The van der Waals surface area contributed by atoms with Gasteiger partial charge in [0.25, 0.3) is 10.0 Å². The van der Waals surface area contributed by atoms with Crippen molar-refractivity contribution in [3.05, 3.63) is 94.8 Å². The van der Waals surface area contributed by atoms with Crippen LogP contribution >= 0.6 is 0 Å². The molecule has 4 rings (SSSR count). The third-order valence-electron chi connectivity index (χ3n) is 5.31. The van der Waals surface area contributed by atoms with E-state index < -0.39 is 15.8 Å². The molecule has 0 spiro atoms. The minimum absolute atomic E-state index is 0.0175. The SMILES string of the molecule is Cc1ccc(S(=O)(=O)N2CC(Cc3ccccc3)c3c(C=O)ccc(F)c32)cc1. The van der Waals surface area contributed by atoms with E-state index in [1.807, 2.05) is 37.3 Å². The molecule has 3 aromatic rings. The fourth-order valence-electron chi connectivity index (χ4n) is 3.89. The van der Waals surface area contributed by atoms with Crippen LogP contribution in [0.25, 0.3) is 0 Å². The van der Waals surface area contributed by atoms with Crippen LogP contribution in [0, 0.1) is 12.7 Å². The summed E-state index contributed by atoms with van der Waals surface area (Å²) in [6.45, 7) is 1.95. The Hall–Kier alpha value is -2.99. The number of anilines is 1. The molecule has 0 radical (unpaired) electrons. The van der Waals surface area contributed by atoms with Crippen molar-refractivity contribution in [2.24, 2.45) is 0 Å². The Morgan fingerprint density at radius 3 is 2.38 bits per heavy atom. The highest BCUT2D eigenvalue weighted by Gasteiger charge is 2.40. The molecular weight excluding hydrogens is 389 g/mol. The Bertz CT molecular complexity index is 1160. The fraction of sp³-hybridized carbons (Fsp3) is 0.174. The van der Waals surface area contributed by atoms with Crippen molar-refractivity contribution in [2.75, 3.05) is 10.8 Å². The smallest absolute Gasteiger partial charge is 0.264 e. The number of carbonyl (C=O) groups is 1. The Labute approximate surface area is 169 Å². The van der Waals surface area contributed by atoms with E-state index in [2.05, 4.69) is 0 Å². The summed E-state index contributed by atoms with van der Waals surface area (Å²) in [5, 5.41) is 0. The zero-order valence-corrected chi connectivity index (χ0v) is 16.7. The Kier molecular flexibility index (Phi) is 4.96. The summed E-state index contributed by atoms with van der Waals surface area (Å²) in [5.74, 6) is -0.958. The molecule has 1 unspecified atom stereocenters. The zero-order chi connectivity index (χ0) is 20.6. The standard InChI is InChI=1S/C23H20FNO3S/c1-16-7-10-20(11-8-16)29(27,28)25-14-19(13-17-5-3-2-4-6-17)22-18(15-26)9-12-21(24)23(22)25/h2-12,15,19H,13-14H2,1H3. The van der Waals surface area contributed by atoms with Gasteiger partial charge in [-0.15, -0.1) is 0 Å². The number of hydrogen-bond donors (Lipinski definition) is 0. The minimum atomic E-state index is -3.96. The number of rotatable bonds is 5. The molecule has 0 bridgehead atoms. The first-order valence-corrected chi connectivity index (χ1v) is 10.8. The molecule has 0 aromatic heterocycles. The lowest BCUT2D eigenvalue weighted by Gasteiger charge is -2.20. The summed E-state index contributed by atoms with van der Waals surface area (Å²) in [7, 11) is -3.96. The molecule has 1 atom stereocenters. The fourth-order valence-corrected chi connectivity index (χ4v) is 5.42. The largest absolute Gasteiger partial charge is 0.298 e. The molecule has 0 saturated carbocycles. The monoisotopic (exact) mass is 409 g/mol. The first-order valence-electron chi connectivity index (χ1n) is 9.32. The van der Waals surface area contributed by atoms with Gasteiger partial charge < -0.3 is 0 Å². The molecule has 1 aliphatic rings. The second kappa shape index (κ2) is 7.44. The van der Waals surface area contributed by atoms with E-state index in [-0.39, 0.29) is 23.0 Å². The van der Waals surface area contributed by atoms with Crippen molar-refractivity contribution in [1.29, 1.82) is 0 Å². The van der Waals surface area contributed by atoms with Crippen LogP contribution in [0.2, 0.25) is 0 Å². The van der Waals surface area contributed by atoms with Crippen LogP contribution in [-0.2, 0) is 16.4 Å². The molecule has 0 fully saturated rings. The van der Waals surface area contributed by atoms with E-state index in [4.69, 9.17) is 0 Å². The van der Waals surface area contributed by atoms with Crippen LogP contribution in [0.15, 0.2) is 71.6 Å². The average molecular weight is 409 g/mol. The third-order valence-corrected chi connectivity index (χ3v) is 7.09. The van der Waals surface area contributed by atoms with Crippen molar-refractivity contribution >= 4 is 22.0 Å². The van der Waals surface area contributed by atoms with Crippen molar-refractivity contribution in [3.63, 3.8) is 0 Å². The van der Waals surface area contributed by atoms with E-state index >= 15 is 0 Å². The summed E-state index contributed by atoms with van der Waals surface area (Å²) in [4.78, 5) is 11.8. The number of nitrogens with zero attached hydrogens (tertiary/aromatic N) is 1. The highest BCUT2D eigenvalue weighted by molar-refractivity contribution is 7.92. The zero-order valence-electron chi connectivity index (χ0n) is 15.9. The van der Waals surface area contributed by atoms with Gasteiger partial charge in [0.2, 0.25) is 0 Å². The molecule has 4 nitrogen and oxygen atoms in total. The highest BCUT2D eigenvalue weighted by Crippen LogP contribution is 2.44. The van der Waals surface area contributed by atoms with E-state index in [0.717, 1.165) is 21.5 Å². The summed E-state index contributed by atoms with van der Waals surface area (Å²) in [6.07, 6.45) is 1.18. The summed E-state index contributed by atoms with van der Waals surface area (Å²) < 4.78 is 42.6. The third kappa shape index (κ3) is 3.44. The van der Waals surface area contributed by atoms with Gasteiger partial charge in [-0.1, -0.05) is 48.0 Å². The first kappa shape index (κ1) is 19.3.